The second kappa shape index (κ2) is 11.0. The Balaban J connectivity index is 2.86. The number of carboxylic acid groups (broad SMARTS) is 2. The topological polar surface area (TPSA) is 74.6 Å². The molecule has 0 bridgehead atoms. The highest BCUT2D eigenvalue weighted by atomic mass is 16.4. The van der Waals surface area contributed by atoms with Gasteiger partial charge >= 0.3 is 11.9 Å². The summed E-state index contributed by atoms with van der Waals surface area (Å²) in [5, 5.41) is 19.0. The number of benzene rings is 1. The normalized spacial score (nSPS) is 11.3. The molecule has 4 nitrogen and oxygen atoms in total. The summed E-state index contributed by atoms with van der Waals surface area (Å²) < 4.78 is 0. The number of hydrogen-bond acceptors (Lipinski definition) is 2. The van der Waals surface area contributed by atoms with Crippen LogP contribution < -0.4 is 0 Å². The maximum absolute atomic E-state index is 11.8. The first kappa shape index (κ1) is 22.2. The van der Waals surface area contributed by atoms with E-state index in [9.17, 15) is 19.8 Å². The van der Waals surface area contributed by atoms with Gasteiger partial charge in [0.25, 0.3) is 0 Å². The monoisotopic (exact) mass is 362 g/mol. The van der Waals surface area contributed by atoms with Crippen LogP contribution in [0.5, 0.6) is 0 Å². The van der Waals surface area contributed by atoms with Gasteiger partial charge in [-0.1, -0.05) is 65.9 Å². The number of rotatable bonds is 12. The first-order valence-electron chi connectivity index (χ1n) is 9.85. The first-order chi connectivity index (χ1) is 12.2. The predicted molar refractivity (Wildman–Crippen MR) is 105 cm³/mol. The van der Waals surface area contributed by atoms with Crippen molar-refractivity contribution < 1.29 is 19.8 Å². The van der Waals surface area contributed by atoms with Crippen molar-refractivity contribution in [2.45, 2.75) is 79.1 Å². The Kier molecular flexibility index (Phi) is 9.39. The molecule has 0 aliphatic heterocycles. The van der Waals surface area contributed by atoms with E-state index in [1.54, 1.807) is 6.07 Å². The Morgan fingerprint density at radius 3 is 2.00 bits per heavy atom. The molecule has 0 amide bonds. The minimum Gasteiger partial charge on any atom is -0.478 e. The van der Waals surface area contributed by atoms with Crippen LogP contribution in [-0.4, -0.2) is 22.2 Å². The minimum absolute atomic E-state index is 0.0181. The summed E-state index contributed by atoms with van der Waals surface area (Å²) in [6.07, 6.45) is 8.20. The number of unbranched alkanes of at least 4 members (excludes halogenated alkanes) is 4. The third-order valence-corrected chi connectivity index (χ3v) is 4.69. The summed E-state index contributed by atoms with van der Waals surface area (Å²) in [6.45, 7) is 8.65. The standard InChI is InChI=1S/C22H34O4/c1-15(2)10-8-6-5-7-9-11-18-17(14-16(3)4)12-13-19(21(23)24)20(18)22(25)26/h12-13,15-16H,5-11,14H2,1-4H3,(H,23,24)(H,25,26). The molecule has 0 fully saturated rings. The Bertz CT molecular complexity index is 602. The van der Waals surface area contributed by atoms with Crippen molar-refractivity contribution in [2.24, 2.45) is 11.8 Å². The molecule has 1 aromatic carbocycles. The van der Waals surface area contributed by atoms with Gasteiger partial charge in [0.15, 0.2) is 0 Å². The number of carboxylic acids is 2. The van der Waals surface area contributed by atoms with Gasteiger partial charge in [0.2, 0.25) is 0 Å². The highest BCUT2D eigenvalue weighted by molar-refractivity contribution is 6.03. The van der Waals surface area contributed by atoms with E-state index in [1.165, 1.54) is 25.3 Å². The van der Waals surface area contributed by atoms with E-state index in [0.717, 1.165) is 37.2 Å². The van der Waals surface area contributed by atoms with Crippen molar-refractivity contribution in [1.82, 2.24) is 0 Å². The van der Waals surface area contributed by atoms with E-state index < -0.39 is 11.9 Å². The zero-order valence-corrected chi connectivity index (χ0v) is 16.7. The molecule has 0 aromatic heterocycles. The molecule has 0 atom stereocenters. The van der Waals surface area contributed by atoms with Crippen LogP contribution in [0.4, 0.5) is 0 Å². The molecule has 0 heterocycles. The third-order valence-electron chi connectivity index (χ3n) is 4.69. The molecule has 0 spiro atoms. The summed E-state index contributed by atoms with van der Waals surface area (Å²) >= 11 is 0. The van der Waals surface area contributed by atoms with Crippen molar-refractivity contribution in [3.63, 3.8) is 0 Å². The van der Waals surface area contributed by atoms with Crippen LogP contribution in [0.1, 0.15) is 98.1 Å². The van der Waals surface area contributed by atoms with Crippen LogP contribution in [0.3, 0.4) is 0 Å². The second-order valence-electron chi connectivity index (χ2n) is 8.03. The van der Waals surface area contributed by atoms with Gasteiger partial charge in [0, 0.05) is 0 Å². The van der Waals surface area contributed by atoms with E-state index in [4.69, 9.17) is 0 Å². The number of aromatic carboxylic acids is 2. The van der Waals surface area contributed by atoms with Crippen molar-refractivity contribution in [3.05, 3.63) is 34.4 Å². The highest BCUT2D eigenvalue weighted by Gasteiger charge is 2.22. The van der Waals surface area contributed by atoms with Gasteiger partial charge in [0.05, 0.1) is 11.1 Å². The van der Waals surface area contributed by atoms with Crippen LogP contribution in [-0.2, 0) is 12.8 Å². The fraction of sp³-hybridized carbons (Fsp3) is 0.636. The Hall–Kier alpha value is -1.84. The molecule has 0 aliphatic rings. The molecule has 4 heteroatoms. The van der Waals surface area contributed by atoms with Crippen molar-refractivity contribution in [1.29, 1.82) is 0 Å². The van der Waals surface area contributed by atoms with Gasteiger partial charge in [-0.05, 0) is 48.3 Å². The fourth-order valence-corrected chi connectivity index (χ4v) is 3.41. The van der Waals surface area contributed by atoms with Crippen LogP contribution in [0.15, 0.2) is 12.1 Å². The predicted octanol–water partition coefficient (Wildman–Crippen LogP) is 5.82. The summed E-state index contributed by atoms with van der Waals surface area (Å²) in [4.78, 5) is 23.2. The molecule has 1 rings (SSSR count). The third kappa shape index (κ3) is 7.19. The summed E-state index contributed by atoms with van der Waals surface area (Å²) in [7, 11) is 0. The van der Waals surface area contributed by atoms with Gasteiger partial charge in [-0.15, -0.1) is 0 Å². The van der Waals surface area contributed by atoms with Crippen LogP contribution in [0, 0.1) is 11.8 Å². The van der Waals surface area contributed by atoms with Gasteiger partial charge in [-0.2, -0.15) is 0 Å². The Labute approximate surface area is 157 Å². The molecule has 0 aliphatic carbocycles. The molecule has 2 N–H and O–H groups in total. The molecule has 0 unspecified atom stereocenters. The van der Waals surface area contributed by atoms with E-state index in [-0.39, 0.29) is 11.1 Å². The van der Waals surface area contributed by atoms with Crippen LogP contribution in [0.25, 0.3) is 0 Å². The fourth-order valence-electron chi connectivity index (χ4n) is 3.41. The molecule has 0 radical (unpaired) electrons. The highest BCUT2D eigenvalue weighted by Crippen LogP contribution is 2.25. The van der Waals surface area contributed by atoms with Crippen LogP contribution >= 0.6 is 0 Å². The number of carbonyl (C=O) groups is 2. The summed E-state index contributed by atoms with van der Waals surface area (Å²) in [6, 6.07) is 3.24. The Morgan fingerprint density at radius 1 is 0.846 bits per heavy atom. The molecule has 1 aromatic rings. The summed E-state index contributed by atoms with van der Waals surface area (Å²) in [5.74, 6) is -1.18. The SMILES string of the molecule is CC(C)CCCCCCCc1c(CC(C)C)ccc(C(=O)O)c1C(=O)O. The largest absolute Gasteiger partial charge is 0.478 e. The Morgan fingerprint density at radius 2 is 1.46 bits per heavy atom. The van der Waals surface area contributed by atoms with Gasteiger partial charge in [0.1, 0.15) is 0 Å². The first-order valence-corrected chi connectivity index (χ1v) is 9.85. The van der Waals surface area contributed by atoms with E-state index in [0.29, 0.717) is 17.9 Å². The summed E-state index contributed by atoms with van der Waals surface area (Å²) in [5.41, 5.74) is 1.57. The van der Waals surface area contributed by atoms with Crippen molar-refractivity contribution in [2.75, 3.05) is 0 Å². The lowest BCUT2D eigenvalue weighted by Gasteiger charge is -2.16. The van der Waals surface area contributed by atoms with Crippen molar-refractivity contribution in [3.8, 4) is 0 Å². The molecule has 26 heavy (non-hydrogen) atoms. The quantitative estimate of drug-likeness (QED) is 0.459. The molecule has 0 saturated carbocycles. The number of hydrogen-bond donors (Lipinski definition) is 2. The lowest BCUT2D eigenvalue weighted by molar-refractivity contribution is 0.0650. The lowest BCUT2D eigenvalue weighted by atomic mass is 9.88. The maximum atomic E-state index is 11.8. The van der Waals surface area contributed by atoms with E-state index in [2.05, 4.69) is 27.7 Å². The van der Waals surface area contributed by atoms with Crippen molar-refractivity contribution >= 4 is 11.9 Å². The minimum atomic E-state index is -1.17. The van der Waals surface area contributed by atoms with E-state index >= 15 is 0 Å². The molecular weight excluding hydrogens is 328 g/mol. The van der Waals surface area contributed by atoms with E-state index in [1.807, 2.05) is 0 Å². The maximum Gasteiger partial charge on any atom is 0.336 e. The van der Waals surface area contributed by atoms with Gasteiger partial charge in [-0.25, -0.2) is 9.59 Å². The second-order valence-corrected chi connectivity index (χ2v) is 8.03. The lowest BCUT2D eigenvalue weighted by Crippen LogP contribution is -2.14. The smallest absolute Gasteiger partial charge is 0.336 e. The molecule has 0 saturated heterocycles. The molecular formula is C22H34O4. The van der Waals surface area contributed by atoms with Gasteiger partial charge < -0.3 is 10.2 Å². The molecule has 146 valence electrons. The average molecular weight is 363 g/mol. The van der Waals surface area contributed by atoms with Crippen LogP contribution in [0.2, 0.25) is 0 Å². The zero-order valence-electron chi connectivity index (χ0n) is 16.7. The average Bonchev–Trinajstić information content (AvgIpc) is 2.53. The zero-order chi connectivity index (χ0) is 19.7. The van der Waals surface area contributed by atoms with Gasteiger partial charge in [-0.3, -0.25) is 0 Å².